The normalized spacial score (nSPS) is 11.6. The first-order valence-corrected chi connectivity index (χ1v) is 10.7. The van der Waals surface area contributed by atoms with E-state index in [0.717, 1.165) is 33.7 Å². The van der Waals surface area contributed by atoms with Crippen LogP contribution in [0.4, 0.5) is 5.69 Å². The lowest BCUT2D eigenvalue weighted by Crippen LogP contribution is -2.20. The van der Waals surface area contributed by atoms with Crippen LogP contribution < -0.4 is 5.32 Å². The number of aromatic nitrogens is 2. The maximum atomic E-state index is 13.0. The molecule has 0 radical (unpaired) electrons. The van der Waals surface area contributed by atoms with E-state index in [1.807, 2.05) is 47.9 Å². The Morgan fingerprint density at radius 3 is 2.45 bits per heavy atom. The molecule has 1 heterocycles. The Labute approximate surface area is 187 Å². The van der Waals surface area contributed by atoms with Crippen molar-refractivity contribution in [2.75, 3.05) is 5.32 Å². The molecular formula is C26H26ClN3O. The van der Waals surface area contributed by atoms with E-state index in [1.54, 1.807) is 6.07 Å². The number of carbonyl (C=O) groups is 1. The number of nitrogens with zero attached hydrogens (tertiary/aromatic N) is 2. The smallest absolute Gasteiger partial charge is 0.244 e. The van der Waals surface area contributed by atoms with Crippen molar-refractivity contribution < 1.29 is 4.79 Å². The summed E-state index contributed by atoms with van der Waals surface area (Å²) >= 11 is 6.10. The van der Waals surface area contributed by atoms with Crippen molar-refractivity contribution in [3.05, 3.63) is 82.9 Å². The van der Waals surface area contributed by atoms with Gasteiger partial charge in [0.05, 0.1) is 11.0 Å². The molecule has 31 heavy (non-hydrogen) atoms. The Morgan fingerprint density at radius 2 is 1.74 bits per heavy atom. The SMILES string of the molecule is Cc1ccc(Cl)cc1NC(=O)Cn1c(-c2ccc(C(C)(C)C)cc2)nc2ccccc21. The molecule has 0 aliphatic carbocycles. The van der Waals surface area contributed by atoms with Gasteiger partial charge < -0.3 is 9.88 Å². The molecule has 0 fully saturated rings. The molecule has 0 saturated heterocycles. The van der Waals surface area contributed by atoms with Crippen LogP contribution in [-0.2, 0) is 16.8 Å². The first-order chi connectivity index (χ1) is 14.7. The van der Waals surface area contributed by atoms with Gasteiger partial charge in [0.25, 0.3) is 0 Å². The van der Waals surface area contributed by atoms with Gasteiger partial charge in [0.15, 0.2) is 0 Å². The molecule has 158 valence electrons. The van der Waals surface area contributed by atoms with E-state index in [2.05, 4.69) is 50.4 Å². The van der Waals surface area contributed by atoms with Crippen LogP contribution in [0.2, 0.25) is 5.02 Å². The summed E-state index contributed by atoms with van der Waals surface area (Å²) in [6.07, 6.45) is 0. The summed E-state index contributed by atoms with van der Waals surface area (Å²) in [6.45, 7) is 8.68. The van der Waals surface area contributed by atoms with E-state index < -0.39 is 0 Å². The number of amides is 1. The molecule has 0 aliphatic heterocycles. The van der Waals surface area contributed by atoms with Crippen LogP contribution in [0, 0.1) is 6.92 Å². The number of benzene rings is 3. The van der Waals surface area contributed by atoms with E-state index in [-0.39, 0.29) is 17.9 Å². The van der Waals surface area contributed by atoms with Gasteiger partial charge in [-0.1, -0.05) is 74.8 Å². The highest BCUT2D eigenvalue weighted by molar-refractivity contribution is 6.31. The van der Waals surface area contributed by atoms with Crippen molar-refractivity contribution in [3.63, 3.8) is 0 Å². The van der Waals surface area contributed by atoms with E-state index in [4.69, 9.17) is 16.6 Å². The van der Waals surface area contributed by atoms with E-state index in [1.165, 1.54) is 5.56 Å². The zero-order chi connectivity index (χ0) is 22.2. The molecule has 1 N–H and O–H groups in total. The van der Waals surface area contributed by atoms with Gasteiger partial charge in [-0.2, -0.15) is 0 Å². The highest BCUT2D eigenvalue weighted by Gasteiger charge is 2.18. The standard InChI is InChI=1S/C26H26ClN3O/c1-17-9-14-20(27)15-22(17)28-24(31)16-30-23-8-6-5-7-21(23)29-25(30)18-10-12-19(13-11-18)26(2,3)4/h5-15H,16H2,1-4H3,(H,28,31). The zero-order valence-electron chi connectivity index (χ0n) is 18.2. The highest BCUT2D eigenvalue weighted by Crippen LogP contribution is 2.28. The van der Waals surface area contributed by atoms with Crippen LogP contribution in [0.1, 0.15) is 31.9 Å². The van der Waals surface area contributed by atoms with E-state index in [9.17, 15) is 4.79 Å². The molecule has 1 aromatic heterocycles. The van der Waals surface area contributed by atoms with Gasteiger partial charge in [0, 0.05) is 16.3 Å². The number of carbonyl (C=O) groups excluding carboxylic acids is 1. The molecule has 0 bridgehead atoms. The molecule has 5 heteroatoms. The van der Waals surface area contributed by atoms with Gasteiger partial charge in [-0.3, -0.25) is 4.79 Å². The summed E-state index contributed by atoms with van der Waals surface area (Å²) in [5, 5.41) is 3.58. The number of para-hydroxylation sites is 2. The molecular weight excluding hydrogens is 406 g/mol. The monoisotopic (exact) mass is 431 g/mol. The van der Waals surface area contributed by atoms with Crippen molar-refractivity contribution in [1.82, 2.24) is 9.55 Å². The van der Waals surface area contributed by atoms with E-state index in [0.29, 0.717) is 5.02 Å². The minimum Gasteiger partial charge on any atom is -0.324 e. The summed E-state index contributed by atoms with van der Waals surface area (Å²) in [4.78, 5) is 17.8. The lowest BCUT2D eigenvalue weighted by Gasteiger charge is -2.19. The van der Waals surface area contributed by atoms with Crippen LogP contribution in [0.25, 0.3) is 22.4 Å². The lowest BCUT2D eigenvalue weighted by molar-refractivity contribution is -0.116. The minimum atomic E-state index is -0.124. The van der Waals surface area contributed by atoms with Gasteiger partial charge in [0.2, 0.25) is 5.91 Å². The van der Waals surface area contributed by atoms with Crippen LogP contribution in [0.5, 0.6) is 0 Å². The van der Waals surface area contributed by atoms with Crippen LogP contribution in [0.3, 0.4) is 0 Å². The maximum Gasteiger partial charge on any atom is 0.244 e. The fraction of sp³-hybridized carbons (Fsp3) is 0.231. The average molecular weight is 432 g/mol. The summed E-state index contributed by atoms with van der Waals surface area (Å²) in [5.41, 5.74) is 5.79. The molecule has 4 rings (SSSR count). The predicted molar refractivity (Wildman–Crippen MR) is 129 cm³/mol. The Kier molecular flexibility index (Phi) is 5.59. The van der Waals surface area contributed by atoms with Crippen LogP contribution >= 0.6 is 11.6 Å². The topological polar surface area (TPSA) is 46.9 Å². The third-order valence-corrected chi connectivity index (χ3v) is 5.67. The molecule has 1 amide bonds. The molecule has 4 nitrogen and oxygen atoms in total. The summed E-state index contributed by atoms with van der Waals surface area (Å²) in [7, 11) is 0. The minimum absolute atomic E-state index is 0.0768. The first-order valence-electron chi connectivity index (χ1n) is 10.3. The van der Waals surface area contributed by atoms with Crippen molar-refractivity contribution in [2.45, 2.75) is 39.7 Å². The highest BCUT2D eigenvalue weighted by atomic mass is 35.5. The molecule has 0 saturated carbocycles. The maximum absolute atomic E-state index is 13.0. The summed E-state index contributed by atoms with van der Waals surface area (Å²) < 4.78 is 1.97. The van der Waals surface area contributed by atoms with Crippen molar-refractivity contribution in [3.8, 4) is 11.4 Å². The Hall–Kier alpha value is -3.11. The Balaban J connectivity index is 1.70. The second-order valence-corrected chi connectivity index (χ2v) is 9.28. The molecule has 0 spiro atoms. The molecule has 0 unspecified atom stereocenters. The number of aryl methyl sites for hydroxylation is 1. The van der Waals surface area contributed by atoms with Gasteiger partial charge in [0.1, 0.15) is 12.4 Å². The predicted octanol–water partition coefficient (Wildman–Crippen LogP) is 6.60. The van der Waals surface area contributed by atoms with Gasteiger partial charge in [-0.05, 0) is 47.7 Å². The number of hydrogen-bond acceptors (Lipinski definition) is 2. The fourth-order valence-corrected chi connectivity index (χ4v) is 3.81. The third-order valence-electron chi connectivity index (χ3n) is 5.44. The summed E-state index contributed by atoms with van der Waals surface area (Å²) in [6, 6.07) is 21.8. The molecule has 4 aromatic rings. The van der Waals surface area contributed by atoms with Crippen LogP contribution in [0.15, 0.2) is 66.7 Å². The number of fused-ring (bicyclic) bond motifs is 1. The van der Waals surface area contributed by atoms with Crippen molar-refractivity contribution in [2.24, 2.45) is 0 Å². The summed E-state index contributed by atoms with van der Waals surface area (Å²) in [5.74, 6) is 0.653. The van der Waals surface area contributed by atoms with Gasteiger partial charge in [-0.15, -0.1) is 0 Å². The third kappa shape index (κ3) is 4.49. The first kappa shape index (κ1) is 21.1. The van der Waals surface area contributed by atoms with Crippen molar-refractivity contribution >= 4 is 34.2 Å². The number of nitrogens with one attached hydrogen (secondary N) is 1. The molecule has 0 aliphatic rings. The fourth-order valence-electron chi connectivity index (χ4n) is 3.64. The molecule has 0 atom stereocenters. The quantitative estimate of drug-likeness (QED) is 0.395. The lowest BCUT2D eigenvalue weighted by atomic mass is 9.87. The van der Waals surface area contributed by atoms with E-state index >= 15 is 0 Å². The Bertz CT molecular complexity index is 1250. The second-order valence-electron chi connectivity index (χ2n) is 8.85. The van der Waals surface area contributed by atoms with Gasteiger partial charge >= 0.3 is 0 Å². The largest absolute Gasteiger partial charge is 0.324 e. The number of hydrogen-bond donors (Lipinski definition) is 1. The average Bonchev–Trinajstić information content (AvgIpc) is 3.08. The van der Waals surface area contributed by atoms with Crippen LogP contribution in [-0.4, -0.2) is 15.5 Å². The number of anilines is 1. The number of imidazole rings is 1. The second kappa shape index (κ2) is 8.20. The van der Waals surface area contributed by atoms with Crippen molar-refractivity contribution in [1.29, 1.82) is 0 Å². The zero-order valence-corrected chi connectivity index (χ0v) is 19.0. The number of rotatable bonds is 4. The Morgan fingerprint density at radius 1 is 1.03 bits per heavy atom. The molecule has 3 aromatic carbocycles. The van der Waals surface area contributed by atoms with Gasteiger partial charge in [-0.25, -0.2) is 4.98 Å². The number of halogens is 1.